The smallest absolute Gasteiger partial charge is 0.406 e. The standard InChI is InChI=1S/C24H21F4N5O2/c1-2-33(15-24(26,27)28)23(30)34-14-20-21(25)22(16(12-29)13-31-20)32-17-8-10-19(11-9-17)35-18-6-4-3-5-7-18/h3-11,13,30H,2,14-15H2,1H3,(H,31,32). The molecule has 1 heterocycles. The van der Waals surface area contributed by atoms with Gasteiger partial charge in [0.25, 0.3) is 6.02 Å². The average molecular weight is 487 g/mol. The molecule has 0 unspecified atom stereocenters. The number of hydrogen-bond acceptors (Lipinski definition) is 6. The van der Waals surface area contributed by atoms with Crippen LogP contribution in [0, 0.1) is 22.6 Å². The van der Waals surface area contributed by atoms with Crippen molar-refractivity contribution in [2.24, 2.45) is 0 Å². The molecule has 0 saturated heterocycles. The molecule has 2 N–H and O–H groups in total. The van der Waals surface area contributed by atoms with E-state index in [1.165, 1.54) is 6.92 Å². The number of anilines is 2. The molecule has 0 atom stereocenters. The number of nitrogens with one attached hydrogen (secondary N) is 2. The second-order valence-corrected chi connectivity index (χ2v) is 7.21. The first kappa shape index (κ1) is 25.3. The van der Waals surface area contributed by atoms with Gasteiger partial charge in [-0.3, -0.25) is 10.4 Å². The highest BCUT2D eigenvalue weighted by atomic mass is 19.4. The number of halogens is 4. The number of rotatable bonds is 8. The first-order valence-electron chi connectivity index (χ1n) is 10.4. The zero-order valence-electron chi connectivity index (χ0n) is 18.6. The number of hydrogen-bond donors (Lipinski definition) is 2. The molecule has 2 aromatic carbocycles. The SMILES string of the molecule is CCN(CC(F)(F)F)C(=N)OCc1ncc(C#N)c(Nc2ccc(Oc3ccccc3)cc2)c1F. The zero-order valence-corrected chi connectivity index (χ0v) is 18.6. The van der Waals surface area contributed by atoms with Crippen molar-refractivity contribution in [2.75, 3.05) is 18.4 Å². The number of alkyl halides is 3. The summed E-state index contributed by atoms with van der Waals surface area (Å²) < 4.78 is 63.8. The van der Waals surface area contributed by atoms with E-state index in [4.69, 9.17) is 14.9 Å². The third-order valence-electron chi connectivity index (χ3n) is 4.70. The number of nitrogens with zero attached hydrogens (tertiary/aromatic N) is 3. The second kappa shape index (κ2) is 11.2. The summed E-state index contributed by atoms with van der Waals surface area (Å²) in [4.78, 5) is 4.48. The van der Waals surface area contributed by atoms with Gasteiger partial charge < -0.3 is 19.7 Å². The minimum Gasteiger partial charge on any atom is -0.459 e. The van der Waals surface area contributed by atoms with Crippen LogP contribution in [0.1, 0.15) is 18.2 Å². The molecule has 182 valence electrons. The molecule has 0 amide bonds. The van der Waals surface area contributed by atoms with Crippen LogP contribution in [0.15, 0.2) is 60.8 Å². The number of para-hydroxylation sites is 1. The lowest BCUT2D eigenvalue weighted by Gasteiger charge is -2.24. The number of pyridine rings is 1. The van der Waals surface area contributed by atoms with Gasteiger partial charge in [-0.25, -0.2) is 4.39 Å². The molecule has 0 fully saturated rings. The molecular formula is C24H21F4N5O2. The molecule has 7 nitrogen and oxygen atoms in total. The molecule has 3 rings (SSSR count). The van der Waals surface area contributed by atoms with E-state index in [0.29, 0.717) is 22.1 Å². The Morgan fingerprint density at radius 3 is 2.37 bits per heavy atom. The number of benzene rings is 2. The number of amidine groups is 1. The molecule has 1 aromatic heterocycles. The summed E-state index contributed by atoms with van der Waals surface area (Å²) in [5.74, 6) is 0.275. The highest BCUT2D eigenvalue weighted by Crippen LogP contribution is 2.28. The van der Waals surface area contributed by atoms with Gasteiger partial charge in [-0.2, -0.15) is 18.4 Å². The number of nitriles is 1. The third-order valence-corrected chi connectivity index (χ3v) is 4.70. The van der Waals surface area contributed by atoms with Crippen molar-refractivity contribution in [1.82, 2.24) is 9.88 Å². The summed E-state index contributed by atoms with van der Waals surface area (Å²) in [6.45, 7) is -0.660. The van der Waals surface area contributed by atoms with Crippen LogP contribution in [0.2, 0.25) is 0 Å². The van der Waals surface area contributed by atoms with E-state index in [-0.39, 0.29) is 23.5 Å². The van der Waals surface area contributed by atoms with Crippen LogP contribution < -0.4 is 10.1 Å². The van der Waals surface area contributed by atoms with Gasteiger partial charge in [-0.1, -0.05) is 18.2 Å². The van der Waals surface area contributed by atoms with Crippen molar-refractivity contribution in [3.05, 3.63) is 77.9 Å². The molecular weight excluding hydrogens is 466 g/mol. The van der Waals surface area contributed by atoms with Gasteiger partial charge in [0.05, 0.1) is 11.3 Å². The van der Waals surface area contributed by atoms with E-state index in [1.807, 2.05) is 24.3 Å². The Hall–Kier alpha value is -4.33. The Labute approximate surface area is 199 Å². The van der Waals surface area contributed by atoms with E-state index in [1.54, 1.807) is 36.4 Å². The second-order valence-electron chi connectivity index (χ2n) is 7.21. The van der Waals surface area contributed by atoms with E-state index in [2.05, 4.69) is 10.3 Å². The van der Waals surface area contributed by atoms with Gasteiger partial charge in [0.2, 0.25) is 0 Å². The fourth-order valence-electron chi connectivity index (χ4n) is 2.98. The van der Waals surface area contributed by atoms with Gasteiger partial charge in [0.15, 0.2) is 5.82 Å². The molecule has 35 heavy (non-hydrogen) atoms. The largest absolute Gasteiger partial charge is 0.459 e. The minimum atomic E-state index is -4.53. The fourth-order valence-corrected chi connectivity index (χ4v) is 2.98. The molecule has 0 radical (unpaired) electrons. The predicted octanol–water partition coefficient (Wildman–Crippen LogP) is 5.96. The lowest BCUT2D eigenvalue weighted by atomic mass is 10.2. The Morgan fingerprint density at radius 1 is 1.11 bits per heavy atom. The van der Waals surface area contributed by atoms with Gasteiger partial charge in [-0.15, -0.1) is 0 Å². The predicted molar refractivity (Wildman–Crippen MR) is 121 cm³/mol. The van der Waals surface area contributed by atoms with E-state index >= 15 is 4.39 Å². The molecule has 3 aromatic rings. The Kier molecular flexibility index (Phi) is 8.09. The quantitative estimate of drug-likeness (QED) is 0.231. The normalized spacial score (nSPS) is 10.9. The monoisotopic (exact) mass is 487 g/mol. The maximum atomic E-state index is 15.1. The van der Waals surface area contributed by atoms with Gasteiger partial charge in [0, 0.05) is 18.4 Å². The van der Waals surface area contributed by atoms with Crippen LogP contribution in [-0.2, 0) is 11.3 Å². The van der Waals surface area contributed by atoms with Crippen molar-refractivity contribution >= 4 is 17.4 Å². The van der Waals surface area contributed by atoms with Crippen molar-refractivity contribution in [3.63, 3.8) is 0 Å². The lowest BCUT2D eigenvalue weighted by Crippen LogP contribution is -2.39. The molecule has 0 aliphatic rings. The van der Waals surface area contributed by atoms with E-state index in [9.17, 15) is 18.4 Å². The Balaban J connectivity index is 1.72. The van der Waals surface area contributed by atoms with Crippen LogP contribution in [-0.4, -0.2) is 35.2 Å². The van der Waals surface area contributed by atoms with Crippen molar-refractivity contribution in [2.45, 2.75) is 19.7 Å². The highest BCUT2D eigenvalue weighted by Gasteiger charge is 2.32. The van der Waals surface area contributed by atoms with Gasteiger partial charge in [0.1, 0.15) is 36.4 Å². The van der Waals surface area contributed by atoms with Crippen LogP contribution in [0.4, 0.5) is 28.9 Å². The Morgan fingerprint density at radius 2 is 1.77 bits per heavy atom. The summed E-state index contributed by atoms with van der Waals surface area (Å²) >= 11 is 0. The fraction of sp³-hybridized carbons (Fsp3) is 0.208. The average Bonchev–Trinajstić information content (AvgIpc) is 2.84. The van der Waals surface area contributed by atoms with Crippen molar-refractivity contribution in [3.8, 4) is 17.6 Å². The minimum absolute atomic E-state index is 0.0850. The van der Waals surface area contributed by atoms with Crippen LogP contribution in [0.5, 0.6) is 11.5 Å². The maximum Gasteiger partial charge on any atom is 0.406 e. The molecule has 11 heteroatoms. The summed E-state index contributed by atoms with van der Waals surface area (Å²) in [6, 6.07) is 16.8. The van der Waals surface area contributed by atoms with E-state index in [0.717, 1.165) is 6.20 Å². The maximum absolute atomic E-state index is 15.1. The molecule has 0 aliphatic carbocycles. The highest BCUT2D eigenvalue weighted by molar-refractivity contribution is 5.71. The summed E-state index contributed by atoms with van der Waals surface area (Å²) in [7, 11) is 0. The lowest BCUT2D eigenvalue weighted by molar-refractivity contribution is -0.139. The van der Waals surface area contributed by atoms with Crippen LogP contribution in [0.3, 0.4) is 0 Å². The van der Waals surface area contributed by atoms with Crippen LogP contribution >= 0.6 is 0 Å². The summed E-state index contributed by atoms with van der Waals surface area (Å²) in [5, 5.41) is 19.9. The van der Waals surface area contributed by atoms with E-state index < -0.39 is 31.2 Å². The molecule has 0 bridgehead atoms. The third kappa shape index (κ3) is 7.07. The van der Waals surface area contributed by atoms with Crippen molar-refractivity contribution < 1.29 is 27.0 Å². The van der Waals surface area contributed by atoms with Crippen LogP contribution in [0.25, 0.3) is 0 Å². The number of ether oxygens (including phenoxy) is 2. The Bertz CT molecular complexity index is 1200. The first-order chi connectivity index (χ1) is 16.7. The summed E-state index contributed by atoms with van der Waals surface area (Å²) in [5.41, 5.74) is -0.0810. The zero-order chi connectivity index (χ0) is 25.4. The topological polar surface area (TPSA) is 94.3 Å². The summed E-state index contributed by atoms with van der Waals surface area (Å²) in [6.07, 6.45) is -3.41. The molecule has 0 aliphatic heterocycles. The number of aromatic nitrogens is 1. The van der Waals surface area contributed by atoms with Gasteiger partial charge in [-0.05, 0) is 43.3 Å². The van der Waals surface area contributed by atoms with Gasteiger partial charge >= 0.3 is 6.18 Å². The molecule has 0 spiro atoms. The molecule has 0 saturated carbocycles. The van der Waals surface area contributed by atoms with Crippen molar-refractivity contribution in [1.29, 1.82) is 10.7 Å². The first-order valence-corrected chi connectivity index (χ1v) is 10.4.